The lowest BCUT2D eigenvalue weighted by Crippen LogP contribution is -2.59. The summed E-state index contributed by atoms with van der Waals surface area (Å²) in [4.78, 5) is 14.5. The van der Waals surface area contributed by atoms with E-state index in [1.807, 2.05) is 19.1 Å². The number of benzene rings is 1. The normalized spacial score (nSPS) is 14.7. The second-order valence-electron chi connectivity index (χ2n) is 5.67. The van der Waals surface area contributed by atoms with Gasteiger partial charge in [-0.25, -0.2) is 0 Å². The van der Waals surface area contributed by atoms with Crippen molar-refractivity contribution >= 4 is 33.3 Å². The summed E-state index contributed by atoms with van der Waals surface area (Å²) in [6.07, 6.45) is 0. The monoisotopic (exact) mass is 344 g/mol. The Hall–Kier alpha value is -2.61. The Labute approximate surface area is 142 Å². The van der Waals surface area contributed by atoms with Crippen molar-refractivity contribution in [2.75, 3.05) is 25.1 Å². The molecule has 124 valence electrons. The van der Waals surface area contributed by atoms with Gasteiger partial charge in [0, 0.05) is 18.5 Å². The topological polar surface area (TPSA) is 80.5 Å². The molecule has 0 bridgehead atoms. The Bertz CT molecular complexity index is 898. The SMILES string of the molecule is COc1cccc2cc(C(=O)NC3CN(c4nnc(C)s4)C3)oc12. The largest absolute Gasteiger partial charge is 0.493 e. The maximum atomic E-state index is 12.4. The highest BCUT2D eigenvalue weighted by atomic mass is 32.1. The zero-order chi connectivity index (χ0) is 16.7. The molecular weight excluding hydrogens is 328 g/mol. The number of fused-ring (bicyclic) bond motifs is 1. The maximum absolute atomic E-state index is 12.4. The smallest absolute Gasteiger partial charge is 0.287 e. The number of para-hydroxylation sites is 1. The molecule has 1 N–H and O–H groups in total. The molecule has 1 fully saturated rings. The molecule has 8 heteroatoms. The lowest BCUT2D eigenvalue weighted by atomic mass is 10.1. The molecule has 3 heterocycles. The quantitative estimate of drug-likeness (QED) is 0.782. The number of aromatic nitrogens is 2. The summed E-state index contributed by atoms with van der Waals surface area (Å²) in [6.45, 7) is 3.38. The van der Waals surface area contributed by atoms with E-state index >= 15 is 0 Å². The highest BCUT2D eigenvalue weighted by molar-refractivity contribution is 7.15. The van der Waals surface area contributed by atoms with E-state index in [2.05, 4.69) is 20.4 Å². The minimum Gasteiger partial charge on any atom is -0.493 e. The summed E-state index contributed by atoms with van der Waals surface area (Å²) in [5, 5.41) is 13.8. The van der Waals surface area contributed by atoms with Gasteiger partial charge in [0.25, 0.3) is 5.91 Å². The van der Waals surface area contributed by atoms with Gasteiger partial charge >= 0.3 is 0 Å². The first-order chi connectivity index (χ1) is 11.6. The first-order valence-electron chi connectivity index (χ1n) is 7.56. The molecule has 0 aliphatic carbocycles. The molecule has 24 heavy (non-hydrogen) atoms. The highest BCUT2D eigenvalue weighted by Crippen LogP contribution is 2.29. The van der Waals surface area contributed by atoms with E-state index in [1.165, 1.54) is 0 Å². The fourth-order valence-electron chi connectivity index (χ4n) is 2.71. The zero-order valence-corrected chi connectivity index (χ0v) is 14.1. The van der Waals surface area contributed by atoms with Crippen LogP contribution in [0.15, 0.2) is 28.7 Å². The number of nitrogens with zero attached hydrogens (tertiary/aromatic N) is 3. The molecule has 0 radical (unpaired) electrons. The lowest BCUT2D eigenvalue weighted by Gasteiger charge is -2.38. The van der Waals surface area contributed by atoms with Crippen LogP contribution >= 0.6 is 11.3 Å². The van der Waals surface area contributed by atoms with E-state index in [0.717, 1.165) is 28.6 Å². The van der Waals surface area contributed by atoms with Gasteiger partial charge in [0.15, 0.2) is 17.1 Å². The Morgan fingerprint density at radius 2 is 2.25 bits per heavy atom. The van der Waals surface area contributed by atoms with Crippen LogP contribution in [0.25, 0.3) is 11.0 Å². The number of amides is 1. The fraction of sp³-hybridized carbons (Fsp3) is 0.312. The van der Waals surface area contributed by atoms with Crippen molar-refractivity contribution in [3.05, 3.63) is 35.0 Å². The van der Waals surface area contributed by atoms with Crippen LogP contribution in [0.2, 0.25) is 0 Å². The third-order valence-corrected chi connectivity index (χ3v) is 4.85. The van der Waals surface area contributed by atoms with Gasteiger partial charge in [-0.15, -0.1) is 10.2 Å². The highest BCUT2D eigenvalue weighted by Gasteiger charge is 2.31. The molecule has 1 amide bonds. The van der Waals surface area contributed by atoms with E-state index in [-0.39, 0.29) is 11.9 Å². The zero-order valence-electron chi connectivity index (χ0n) is 13.3. The number of hydrogen-bond acceptors (Lipinski definition) is 7. The second-order valence-corrected chi connectivity index (χ2v) is 6.83. The summed E-state index contributed by atoms with van der Waals surface area (Å²) in [6, 6.07) is 7.38. The molecule has 0 saturated carbocycles. The number of hydrogen-bond donors (Lipinski definition) is 1. The van der Waals surface area contributed by atoms with Crippen molar-refractivity contribution in [3.8, 4) is 5.75 Å². The minimum absolute atomic E-state index is 0.0804. The van der Waals surface area contributed by atoms with E-state index in [0.29, 0.717) is 17.1 Å². The lowest BCUT2D eigenvalue weighted by molar-refractivity contribution is 0.0904. The molecule has 0 atom stereocenters. The Morgan fingerprint density at radius 3 is 2.96 bits per heavy atom. The number of furan rings is 1. The Balaban J connectivity index is 1.42. The molecule has 4 rings (SSSR count). The van der Waals surface area contributed by atoms with Crippen LogP contribution in [0.3, 0.4) is 0 Å². The molecular formula is C16H16N4O3S. The number of carbonyl (C=O) groups is 1. The van der Waals surface area contributed by atoms with Gasteiger partial charge in [0.2, 0.25) is 5.13 Å². The van der Waals surface area contributed by atoms with Crippen LogP contribution in [-0.2, 0) is 0 Å². The minimum atomic E-state index is -0.216. The average molecular weight is 344 g/mol. The summed E-state index contributed by atoms with van der Waals surface area (Å²) in [5.74, 6) is 0.694. The van der Waals surface area contributed by atoms with Gasteiger partial charge in [-0.3, -0.25) is 4.79 Å². The van der Waals surface area contributed by atoms with Crippen molar-refractivity contribution in [1.82, 2.24) is 15.5 Å². The van der Waals surface area contributed by atoms with Crippen molar-refractivity contribution in [3.63, 3.8) is 0 Å². The number of anilines is 1. The number of nitrogens with one attached hydrogen (secondary N) is 1. The molecule has 1 aliphatic rings. The van der Waals surface area contributed by atoms with Gasteiger partial charge in [0.1, 0.15) is 5.01 Å². The molecule has 0 spiro atoms. The second kappa shape index (κ2) is 5.79. The molecule has 0 unspecified atom stereocenters. The molecule has 1 saturated heterocycles. The number of ether oxygens (including phenoxy) is 1. The third-order valence-electron chi connectivity index (χ3n) is 3.95. The van der Waals surface area contributed by atoms with E-state index in [4.69, 9.17) is 9.15 Å². The molecule has 2 aromatic heterocycles. The molecule has 1 aromatic carbocycles. The van der Waals surface area contributed by atoms with Gasteiger partial charge in [0.05, 0.1) is 13.2 Å². The Morgan fingerprint density at radius 1 is 1.42 bits per heavy atom. The summed E-state index contributed by atoms with van der Waals surface area (Å²) < 4.78 is 10.9. The van der Waals surface area contributed by atoms with Crippen LogP contribution in [0.5, 0.6) is 5.75 Å². The molecule has 1 aliphatic heterocycles. The van der Waals surface area contributed by atoms with Gasteiger partial charge in [-0.1, -0.05) is 23.5 Å². The van der Waals surface area contributed by atoms with Crippen molar-refractivity contribution < 1.29 is 13.9 Å². The molecule has 7 nitrogen and oxygen atoms in total. The van der Waals surface area contributed by atoms with Crippen molar-refractivity contribution in [1.29, 1.82) is 0 Å². The predicted octanol–water partition coefficient (Wildman–Crippen LogP) is 2.22. The predicted molar refractivity (Wildman–Crippen MR) is 90.9 cm³/mol. The van der Waals surface area contributed by atoms with Crippen LogP contribution in [-0.4, -0.2) is 42.3 Å². The van der Waals surface area contributed by atoms with E-state index < -0.39 is 0 Å². The van der Waals surface area contributed by atoms with Gasteiger partial charge in [-0.2, -0.15) is 0 Å². The standard InChI is InChI=1S/C16H16N4O3S/c1-9-18-19-16(24-9)20-7-11(8-20)17-15(21)13-6-10-4-3-5-12(22-2)14(10)23-13/h3-6,11H,7-8H2,1-2H3,(H,17,21). The van der Waals surface area contributed by atoms with E-state index in [9.17, 15) is 4.79 Å². The number of rotatable bonds is 4. The van der Waals surface area contributed by atoms with Gasteiger partial charge in [-0.05, 0) is 19.1 Å². The molecule has 3 aromatic rings. The first-order valence-corrected chi connectivity index (χ1v) is 8.38. The van der Waals surface area contributed by atoms with Crippen LogP contribution < -0.4 is 15.0 Å². The average Bonchev–Trinajstić information content (AvgIpc) is 3.15. The fourth-order valence-corrected chi connectivity index (χ4v) is 3.41. The summed E-state index contributed by atoms with van der Waals surface area (Å²) in [7, 11) is 1.58. The first kappa shape index (κ1) is 14.9. The summed E-state index contributed by atoms with van der Waals surface area (Å²) >= 11 is 1.55. The van der Waals surface area contributed by atoms with Crippen LogP contribution in [0.4, 0.5) is 5.13 Å². The van der Waals surface area contributed by atoms with E-state index in [1.54, 1.807) is 30.6 Å². The van der Waals surface area contributed by atoms with Crippen LogP contribution in [0.1, 0.15) is 15.6 Å². The number of aryl methyl sites for hydroxylation is 1. The van der Waals surface area contributed by atoms with Gasteiger partial charge < -0.3 is 19.4 Å². The summed E-state index contributed by atoms with van der Waals surface area (Å²) in [5.41, 5.74) is 0.588. The number of methoxy groups -OCH3 is 1. The van der Waals surface area contributed by atoms with Crippen molar-refractivity contribution in [2.45, 2.75) is 13.0 Å². The van der Waals surface area contributed by atoms with Crippen molar-refractivity contribution in [2.24, 2.45) is 0 Å². The number of carbonyl (C=O) groups excluding carboxylic acids is 1. The van der Waals surface area contributed by atoms with Crippen LogP contribution in [0, 0.1) is 6.92 Å². The maximum Gasteiger partial charge on any atom is 0.287 e. The third kappa shape index (κ3) is 2.58. The Kier molecular flexibility index (Phi) is 3.61.